The lowest BCUT2D eigenvalue weighted by atomic mass is 10.2. The second kappa shape index (κ2) is 5.63. The standard InChI is InChI=1S/C12H14N2OS/c15-12-2-1-11(14-8-12)7-13-5-3-10-4-6-16-9-10/h1-2,4,6,8-9,13,15H,3,5,7H2. The molecule has 2 heterocycles. The van der Waals surface area contributed by atoms with Crippen molar-refractivity contribution >= 4 is 11.3 Å². The highest BCUT2D eigenvalue weighted by atomic mass is 32.1. The summed E-state index contributed by atoms with van der Waals surface area (Å²) in [6.07, 6.45) is 2.51. The summed E-state index contributed by atoms with van der Waals surface area (Å²) in [4.78, 5) is 4.10. The molecule has 0 atom stereocenters. The van der Waals surface area contributed by atoms with Crippen molar-refractivity contribution < 1.29 is 5.11 Å². The van der Waals surface area contributed by atoms with Gasteiger partial charge in [-0.05, 0) is 47.5 Å². The van der Waals surface area contributed by atoms with E-state index in [1.165, 1.54) is 11.8 Å². The Bertz CT molecular complexity index is 411. The lowest BCUT2D eigenvalue weighted by molar-refractivity contribution is 0.471. The summed E-state index contributed by atoms with van der Waals surface area (Å²) in [7, 11) is 0. The van der Waals surface area contributed by atoms with Gasteiger partial charge in [-0.1, -0.05) is 0 Å². The smallest absolute Gasteiger partial charge is 0.133 e. The molecule has 0 aliphatic heterocycles. The fourth-order valence-corrected chi connectivity index (χ4v) is 2.11. The van der Waals surface area contributed by atoms with Crippen LogP contribution < -0.4 is 5.32 Å². The molecule has 2 N–H and O–H groups in total. The number of hydrogen-bond donors (Lipinski definition) is 2. The van der Waals surface area contributed by atoms with Crippen molar-refractivity contribution in [1.29, 1.82) is 0 Å². The largest absolute Gasteiger partial charge is 0.506 e. The van der Waals surface area contributed by atoms with E-state index in [0.29, 0.717) is 0 Å². The zero-order valence-electron chi connectivity index (χ0n) is 8.89. The minimum atomic E-state index is 0.210. The first kappa shape index (κ1) is 11.1. The van der Waals surface area contributed by atoms with E-state index in [4.69, 9.17) is 5.11 Å². The van der Waals surface area contributed by atoms with Gasteiger partial charge in [0, 0.05) is 6.54 Å². The average Bonchev–Trinajstić information content (AvgIpc) is 2.80. The van der Waals surface area contributed by atoms with E-state index in [0.717, 1.165) is 25.2 Å². The summed E-state index contributed by atoms with van der Waals surface area (Å²) in [5, 5.41) is 16.7. The predicted molar refractivity (Wildman–Crippen MR) is 65.6 cm³/mol. The molecule has 3 nitrogen and oxygen atoms in total. The average molecular weight is 234 g/mol. The Labute approximate surface area is 98.8 Å². The van der Waals surface area contributed by atoms with Gasteiger partial charge in [0.2, 0.25) is 0 Å². The fourth-order valence-electron chi connectivity index (χ4n) is 1.41. The molecule has 0 fully saturated rings. The van der Waals surface area contributed by atoms with Crippen LogP contribution in [0.2, 0.25) is 0 Å². The molecule has 16 heavy (non-hydrogen) atoms. The molecule has 2 aromatic rings. The van der Waals surface area contributed by atoms with Crippen molar-refractivity contribution in [1.82, 2.24) is 10.3 Å². The van der Waals surface area contributed by atoms with E-state index in [9.17, 15) is 0 Å². The fraction of sp³-hybridized carbons (Fsp3) is 0.250. The van der Waals surface area contributed by atoms with Gasteiger partial charge in [-0.3, -0.25) is 4.98 Å². The van der Waals surface area contributed by atoms with Crippen molar-refractivity contribution in [3.63, 3.8) is 0 Å². The molecule has 0 spiro atoms. The number of rotatable bonds is 5. The van der Waals surface area contributed by atoms with Crippen LogP contribution in [0.4, 0.5) is 0 Å². The molecule has 0 saturated carbocycles. The van der Waals surface area contributed by atoms with Crippen molar-refractivity contribution in [2.24, 2.45) is 0 Å². The summed E-state index contributed by atoms with van der Waals surface area (Å²) in [5.41, 5.74) is 2.32. The maximum Gasteiger partial charge on any atom is 0.133 e. The second-order valence-corrected chi connectivity index (χ2v) is 4.35. The Morgan fingerprint density at radius 3 is 2.94 bits per heavy atom. The SMILES string of the molecule is Oc1ccc(CNCCc2ccsc2)nc1. The molecule has 0 radical (unpaired) electrons. The van der Waals surface area contributed by atoms with Crippen LogP contribution in [0.15, 0.2) is 35.2 Å². The van der Waals surface area contributed by atoms with Crippen LogP contribution in [0.1, 0.15) is 11.3 Å². The van der Waals surface area contributed by atoms with Gasteiger partial charge >= 0.3 is 0 Å². The Hall–Kier alpha value is -1.39. The summed E-state index contributed by atoms with van der Waals surface area (Å²) in [6.45, 7) is 1.68. The van der Waals surface area contributed by atoms with Crippen LogP contribution in [0.5, 0.6) is 5.75 Å². The van der Waals surface area contributed by atoms with E-state index in [1.807, 2.05) is 6.07 Å². The zero-order valence-corrected chi connectivity index (χ0v) is 9.70. The van der Waals surface area contributed by atoms with Crippen LogP contribution in [-0.2, 0) is 13.0 Å². The lowest BCUT2D eigenvalue weighted by Gasteiger charge is -2.03. The van der Waals surface area contributed by atoms with Gasteiger partial charge in [-0.2, -0.15) is 11.3 Å². The quantitative estimate of drug-likeness (QED) is 0.779. The van der Waals surface area contributed by atoms with E-state index in [2.05, 4.69) is 27.1 Å². The van der Waals surface area contributed by atoms with Crippen LogP contribution in [0.3, 0.4) is 0 Å². The number of nitrogens with one attached hydrogen (secondary N) is 1. The first-order valence-corrected chi connectivity index (χ1v) is 6.14. The number of nitrogens with zero attached hydrogens (tertiary/aromatic N) is 1. The second-order valence-electron chi connectivity index (χ2n) is 3.57. The molecular formula is C12H14N2OS. The van der Waals surface area contributed by atoms with Gasteiger partial charge in [0.1, 0.15) is 5.75 Å². The van der Waals surface area contributed by atoms with Crippen LogP contribution in [0.25, 0.3) is 0 Å². The molecule has 2 aromatic heterocycles. The molecule has 0 unspecified atom stereocenters. The number of aromatic nitrogens is 1. The molecule has 4 heteroatoms. The molecular weight excluding hydrogens is 220 g/mol. The normalized spacial score (nSPS) is 10.5. The highest BCUT2D eigenvalue weighted by Crippen LogP contribution is 2.07. The third kappa shape index (κ3) is 3.32. The summed E-state index contributed by atoms with van der Waals surface area (Å²) in [5.74, 6) is 0.210. The highest BCUT2D eigenvalue weighted by molar-refractivity contribution is 7.07. The van der Waals surface area contributed by atoms with Gasteiger partial charge in [0.15, 0.2) is 0 Å². The minimum Gasteiger partial charge on any atom is -0.506 e. The number of hydrogen-bond acceptors (Lipinski definition) is 4. The predicted octanol–water partition coefficient (Wildman–Crippen LogP) is 2.18. The van der Waals surface area contributed by atoms with Crippen LogP contribution in [-0.4, -0.2) is 16.6 Å². The molecule has 0 amide bonds. The van der Waals surface area contributed by atoms with Crippen molar-refractivity contribution in [2.45, 2.75) is 13.0 Å². The summed E-state index contributed by atoms with van der Waals surface area (Å²) < 4.78 is 0. The molecule has 0 saturated heterocycles. The summed E-state index contributed by atoms with van der Waals surface area (Å²) in [6, 6.07) is 5.63. The van der Waals surface area contributed by atoms with Crippen molar-refractivity contribution in [2.75, 3.05) is 6.54 Å². The lowest BCUT2D eigenvalue weighted by Crippen LogP contribution is -2.17. The van der Waals surface area contributed by atoms with E-state index in [-0.39, 0.29) is 5.75 Å². The van der Waals surface area contributed by atoms with E-state index < -0.39 is 0 Å². The molecule has 0 aliphatic rings. The number of aromatic hydroxyl groups is 1. The van der Waals surface area contributed by atoms with Gasteiger partial charge in [-0.25, -0.2) is 0 Å². The highest BCUT2D eigenvalue weighted by Gasteiger charge is 1.96. The van der Waals surface area contributed by atoms with E-state index >= 15 is 0 Å². The first-order valence-electron chi connectivity index (χ1n) is 5.20. The van der Waals surface area contributed by atoms with Gasteiger partial charge < -0.3 is 10.4 Å². The Morgan fingerprint density at radius 2 is 2.25 bits per heavy atom. The van der Waals surface area contributed by atoms with Gasteiger partial charge in [0.05, 0.1) is 11.9 Å². The minimum absolute atomic E-state index is 0.210. The number of pyridine rings is 1. The van der Waals surface area contributed by atoms with Gasteiger partial charge in [-0.15, -0.1) is 0 Å². The van der Waals surface area contributed by atoms with Crippen molar-refractivity contribution in [3.8, 4) is 5.75 Å². The maximum absolute atomic E-state index is 9.07. The van der Waals surface area contributed by atoms with E-state index in [1.54, 1.807) is 17.4 Å². The summed E-state index contributed by atoms with van der Waals surface area (Å²) >= 11 is 1.73. The zero-order chi connectivity index (χ0) is 11.2. The van der Waals surface area contributed by atoms with Gasteiger partial charge in [0.25, 0.3) is 0 Å². The monoisotopic (exact) mass is 234 g/mol. The van der Waals surface area contributed by atoms with Crippen LogP contribution in [0, 0.1) is 0 Å². The molecule has 0 aromatic carbocycles. The topological polar surface area (TPSA) is 45.1 Å². The molecule has 84 valence electrons. The Morgan fingerprint density at radius 1 is 1.31 bits per heavy atom. The Balaban J connectivity index is 1.70. The number of thiophene rings is 1. The third-order valence-corrected chi connectivity index (χ3v) is 3.02. The maximum atomic E-state index is 9.07. The van der Waals surface area contributed by atoms with Crippen molar-refractivity contribution in [3.05, 3.63) is 46.4 Å². The van der Waals surface area contributed by atoms with Crippen LogP contribution >= 0.6 is 11.3 Å². The third-order valence-electron chi connectivity index (χ3n) is 2.29. The molecule has 2 rings (SSSR count). The molecule has 0 bridgehead atoms. The Kier molecular flexibility index (Phi) is 3.91. The molecule has 0 aliphatic carbocycles. The first-order chi connectivity index (χ1) is 7.84.